The number of nitrogens with two attached hydrogens (primary N) is 1. The van der Waals surface area contributed by atoms with Crippen LogP contribution in [0.5, 0.6) is 0 Å². The van der Waals surface area contributed by atoms with Crippen LogP contribution in [0.3, 0.4) is 0 Å². The quantitative estimate of drug-likeness (QED) is 0.819. The summed E-state index contributed by atoms with van der Waals surface area (Å²) in [4.78, 5) is 2.67. The summed E-state index contributed by atoms with van der Waals surface area (Å²) in [6.45, 7) is 11.0. The molecule has 1 heterocycles. The molecule has 1 aliphatic carbocycles. The lowest BCUT2D eigenvalue weighted by atomic mass is 9.72. The highest BCUT2D eigenvalue weighted by Gasteiger charge is 2.34. The second kappa shape index (κ2) is 5.71. The van der Waals surface area contributed by atoms with Crippen LogP contribution in [0, 0.1) is 23.7 Å². The minimum absolute atomic E-state index is 0.439. The van der Waals surface area contributed by atoms with Gasteiger partial charge in [0.05, 0.1) is 0 Å². The molecule has 2 fully saturated rings. The summed E-state index contributed by atoms with van der Waals surface area (Å²) in [5, 5.41) is 0. The van der Waals surface area contributed by atoms with Crippen molar-refractivity contribution in [1.29, 1.82) is 0 Å². The second-order valence-corrected chi connectivity index (χ2v) is 6.70. The third-order valence-electron chi connectivity index (χ3n) is 5.15. The van der Waals surface area contributed by atoms with Gasteiger partial charge < -0.3 is 10.6 Å². The van der Waals surface area contributed by atoms with Gasteiger partial charge in [-0.3, -0.25) is 0 Å². The van der Waals surface area contributed by atoms with E-state index in [-0.39, 0.29) is 0 Å². The SMILES string of the molecule is CCC1CCN(CC2C(C)CC(C)CC2N)C1. The number of likely N-dealkylation sites (tertiary alicyclic amines) is 1. The van der Waals surface area contributed by atoms with Crippen molar-refractivity contribution >= 4 is 0 Å². The molecule has 0 aromatic rings. The fourth-order valence-electron chi connectivity index (χ4n) is 3.99. The first-order chi connectivity index (χ1) is 8.10. The van der Waals surface area contributed by atoms with E-state index in [2.05, 4.69) is 25.7 Å². The summed E-state index contributed by atoms with van der Waals surface area (Å²) in [5.41, 5.74) is 6.38. The van der Waals surface area contributed by atoms with Crippen molar-refractivity contribution in [2.45, 2.75) is 52.5 Å². The Morgan fingerprint density at radius 1 is 1.24 bits per heavy atom. The zero-order valence-electron chi connectivity index (χ0n) is 11.9. The smallest absolute Gasteiger partial charge is 0.00844 e. The molecule has 5 unspecified atom stereocenters. The first-order valence-corrected chi connectivity index (χ1v) is 7.58. The second-order valence-electron chi connectivity index (χ2n) is 6.70. The molecular weight excluding hydrogens is 208 g/mol. The molecule has 0 aromatic heterocycles. The van der Waals surface area contributed by atoms with Crippen LogP contribution >= 0.6 is 0 Å². The van der Waals surface area contributed by atoms with Gasteiger partial charge in [0.25, 0.3) is 0 Å². The molecule has 2 aliphatic rings. The van der Waals surface area contributed by atoms with Gasteiger partial charge in [-0.15, -0.1) is 0 Å². The first kappa shape index (κ1) is 13.4. The Kier molecular flexibility index (Phi) is 4.48. The van der Waals surface area contributed by atoms with Crippen molar-refractivity contribution in [1.82, 2.24) is 4.90 Å². The zero-order chi connectivity index (χ0) is 12.4. The standard InChI is InChI=1S/C15H30N2/c1-4-13-5-6-17(9-13)10-14-12(3)7-11(2)8-15(14)16/h11-15H,4-10,16H2,1-3H3. The van der Waals surface area contributed by atoms with Gasteiger partial charge >= 0.3 is 0 Å². The van der Waals surface area contributed by atoms with Crippen molar-refractivity contribution in [3.8, 4) is 0 Å². The van der Waals surface area contributed by atoms with E-state index in [0.29, 0.717) is 6.04 Å². The molecule has 2 nitrogen and oxygen atoms in total. The fourth-order valence-corrected chi connectivity index (χ4v) is 3.99. The van der Waals surface area contributed by atoms with Crippen LogP contribution in [0.15, 0.2) is 0 Å². The van der Waals surface area contributed by atoms with Crippen LogP contribution in [-0.2, 0) is 0 Å². The Balaban J connectivity index is 1.85. The molecule has 2 heteroatoms. The van der Waals surface area contributed by atoms with E-state index in [4.69, 9.17) is 5.73 Å². The Hall–Kier alpha value is -0.0800. The molecule has 0 radical (unpaired) electrons. The van der Waals surface area contributed by atoms with Gasteiger partial charge in [0.2, 0.25) is 0 Å². The van der Waals surface area contributed by atoms with E-state index >= 15 is 0 Å². The van der Waals surface area contributed by atoms with E-state index in [9.17, 15) is 0 Å². The van der Waals surface area contributed by atoms with Gasteiger partial charge in [0.1, 0.15) is 0 Å². The predicted molar refractivity (Wildman–Crippen MR) is 73.9 cm³/mol. The first-order valence-electron chi connectivity index (χ1n) is 7.58. The highest BCUT2D eigenvalue weighted by atomic mass is 15.1. The van der Waals surface area contributed by atoms with Gasteiger partial charge in [0.15, 0.2) is 0 Å². The third kappa shape index (κ3) is 3.23. The highest BCUT2D eigenvalue weighted by molar-refractivity contribution is 4.88. The molecule has 0 aromatic carbocycles. The maximum atomic E-state index is 6.38. The van der Waals surface area contributed by atoms with E-state index < -0.39 is 0 Å². The van der Waals surface area contributed by atoms with E-state index in [1.807, 2.05) is 0 Å². The number of hydrogen-bond donors (Lipinski definition) is 1. The van der Waals surface area contributed by atoms with Crippen molar-refractivity contribution in [2.75, 3.05) is 19.6 Å². The largest absolute Gasteiger partial charge is 0.327 e. The molecule has 0 spiro atoms. The summed E-state index contributed by atoms with van der Waals surface area (Å²) >= 11 is 0. The number of rotatable bonds is 3. The predicted octanol–water partition coefficient (Wildman–Crippen LogP) is 2.73. The Labute approximate surface area is 107 Å². The number of nitrogens with zero attached hydrogens (tertiary/aromatic N) is 1. The molecule has 0 bridgehead atoms. The number of hydrogen-bond acceptors (Lipinski definition) is 2. The Morgan fingerprint density at radius 2 is 2.00 bits per heavy atom. The van der Waals surface area contributed by atoms with Crippen LogP contribution in [0.25, 0.3) is 0 Å². The molecule has 0 amide bonds. The van der Waals surface area contributed by atoms with Gasteiger partial charge in [-0.1, -0.05) is 27.2 Å². The monoisotopic (exact) mass is 238 g/mol. The molecule has 5 atom stereocenters. The van der Waals surface area contributed by atoms with Gasteiger partial charge in [-0.2, -0.15) is 0 Å². The van der Waals surface area contributed by atoms with E-state index in [0.717, 1.165) is 23.7 Å². The van der Waals surface area contributed by atoms with E-state index in [1.165, 1.54) is 45.3 Å². The van der Waals surface area contributed by atoms with Gasteiger partial charge in [0, 0.05) is 19.1 Å². The molecule has 100 valence electrons. The van der Waals surface area contributed by atoms with Crippen molar-refractivity contribution < 1.29 is 0 Å². The molecule has 1 aliphatic heterocycles. The fraction of sp³-hybridized carbons (Fsp3) is 1.00. The van der Waals surface area contributed by atoms with Crippen LogP contribution in [0.1, 0.15) is 46.5 Å². The van der Waals surface area contributed by atoms with E-state index in [1.54, 1.807) is 0 Å². The molecule has 1 saturated carbocycles. The topological polar surface area (TPSA) is 29.3 Å². The van der Waals surface area contributed by atoms with Gasteiger partial charge in [-0.25, -0.2) is 0 Å². The third-order valence-corrected chi connectivity index (χ3v) is 5.15. The summed E-state index contributed by atoms with van der Waals surface area (Å²) < 4.78 is 0. The minimum Gasteiger partial charge on any atom is -0.327 e. The molecule has 2 rings (SSSR count). The highest BCUT2D eigenvalue weighted by Crippen LogP contribution is 2.34. The van der Waals surface area contributed by atoms with Crippen LogP contribution in [0.4, 0.5) is 0 Å². The van der Waals surface area contributed by atoms with Crippen LogP contribution in [-0.4, -0.2) is 30.6 Å². The Morgan fingerprint density at radius 3 is 2.59 bits per heavy atom. The molecule has 2 N–H and O–H groups in total. The maximum Gasteiger partial charge on any atom is 0.00844 e. The summed E-state index contributed by atoms with van der Waals surface area (Å²) in [6.07, 6.45) is 5.37. The summed E-state index contributed by atoms with van der Waals surface area (Å²) in [7, 11) is 0. The van der Waals surface area contributed by atoms with Crippen molar-refractivity contribution in [3.63, 3.8) is 0 Å². The zero-order valence-corrected chi connectivity index (χ0v) is 11.9. The molecule has 1 saturated heterocycles. The average molecular weight is 238 g/mol. The van der Waals surface area contributed by atoms with Crippen molar-refractivity contribution in [3.05, 3.63) is 0 Å². The lowest BCUT2D eigenvalue weighted by molar-refractivity contribution is 0.127. The maximum absolute atomic E-state index is 6.38. The average Bonchev–Trinajstić information content (AvgIpc) is 2.71. The normalized spacial score (nSPS) is 44.1. The molecular formula is C15H30N2. The molecule has 17 heavy (non-hydrogen) atoms. The lowest BCUT2D eigenvalue weighted by Crippen LogP contribution is -2.46. The Bertz CT molecular complexity index is 229. The van der Waals surface area contributed by atoms with Crippen LogP contribution in [0.2, 0.25) is 0 Å². The van der Waals surface area contributed by atoms with Gasteiger partial charge in [-0.05, 0) is 49.5 Å². The van der Waals surface area contributed by atoms with Crippen LogP contribution < -0.4 is 5.73 Å². The summed E-state index contributed by atoms with van der Waals surface area (Å²) in [5.74, 6) is 3.33. The summed E-state index contributed by atoms with van der Waals surface area (Å²) in [6, 6.07) is 0.439. The lowest BCUT2D eigenvalue weighted by Gasteiger charge is -2.39. The minimum atomic E-state index is 0.439. The van der Waals surface area contributed by atoms with Crippen molar-refractivity contribution in [2.24, 2.45) is 29.4 Å².